The van der Waals surface area contributed by atoms with Gasteiger partial charge in [-0.1, -0.05) is 6.92 Å². The van der Waals surface area contributed by atoms with Gasteiger partial charge in [0.2, 0.25) is 0 Å². The van der Waals surface area contributed by atoms with Crippen LogP contribution in [0.1, 0.15) is 36.5 Å². The zero-order chi connectivity index (χ0) is 13.2. The molecule has 0 unspecified atom stereocenters. The molecule has 0 N–H and O–H groups in total. The van der Waals surface area contributed by atoms with Crippen molar-refractivity contribution in [2.45, 2.75) is 32.7 Å². The first-order chi connectivity index (χ1) is 8.77. The number of ketones is 1. The number of Topliss-reactive ketones (excluding diaryl/α,β-unsaturated/α-hetero) is 1. The fraction of sp³-hybridized carbons (Fsp3) is 0.643. The van der Waals surface area contributed by atoms with Crippen molar-refractivity contribution in [1.82, 2.24) is 4.57 Å². The molecule has 0 saturated heterocycles. The minimum Gasteiger partial charge on any atom is -0.385 e. The average Bonchev–Trinajstić information content (AvgIpc) is 2.83. The van der Waals surface area contributed by atoms with E-state index in [1.54, 1.807) is 7.11 Å². The van der Waals surface area contributed by atoms with Gasteiger partial charge in [-0.05, 0) is 18.9 Å². The molecule has 0 atom stereocenters. The van der Waals surface area contributed by atoms with E-state index in [0.29, 0.717) is 13.0 Å². The highest BCUT2D eigenvalue weighted by atomic mass is 16.5. The molecule has 0 radical (unpaired) electrons. The van der Waals surface area contributed by atoms with Crippen LogP contribution in [0.25, 0.3) is 0 Å². The van der Waals surface area contributed by atoms with Crippen LogP contribution < -0.4 is 0 Å². The second-order valence-corrected chi connectivity index (χ2v) is 4.27. The summed E-state index contributed by atoms with van der Waals surface area (Å²) in [6, 6.07) is 1.88. The molecule has 1 rings (SSSR count). The van der Waals surface area contributed by atoms with Crippen molar-refractivity contribution in [3.05, 3.63) is 24.0 Å². The molecule has 0 fully saturated rings. The number of ether oxygens (including phenoxy) is 2. The van der Waals surface area contributed by atoms with Crippen molar-refractivity contribution in [2.75, 3.05) is 26.9 Å². The second-order valence-electron chi connectivity index (χ2n) is 4.27. The quantitative estimate of drug-likeness (QED) is 0.475. The Morgan fingerprint density at radius 2 is 2.17 bits per heavy atom. The number of hydrogen-bond acceptors (Lipinski definition) is 3. The topological polar surface area (TPSA) is 40.5 Å². The summed E-state index contributed by atoms with van der Waals surface area (Å²) < 4.78 is 12.4. The highest BCUT2D eigenvalue weighted by Crippen LogP contribution is 2.06. The molecule has 0 saturated carbocycles. The predicted molar refractivity (Wildman–Crippen MR) is 71.0 cm³/mol. The van der Waals surface area contributed by atoms with Crippen LogP contribution in [0.2, 0.25) is 0 Å². The van der Waals surface area contributed by atoms with Gasteiger partial charge in [0, 0.05) is 51.2 Å². The number of methoxy groups -OCH3 is 1. The molecule has 0 aliphatic heterocycles. The van der Waals surface area contributed by atoms with E-state index in [9.17, 15) is 4.79 Å². The van der Waals surface area contributed by atoms with Crippen molar-refractivity contribution in [3.63, 3.8) is 0 Å². The van der Waals surface area contributed by atoms with Gasteiger partial charge >= 0.3 is 0 Å². The summed E-state index contributed by atoms with van der Waals surface area (Å²) in [5.41, 5.74) is 0.802. The van der Waals surface area contributed by atoms with E-state index in [4.69, 9.17) is 9.47 Å². The van der Waals surface area contributed by atoms with Crippen LogP contribution in [0.3, 0.4) is 0 Å². The maximum Gasteiger partial charge on any atom is 0.164 e. The van der Waals surface area contributed by atoms with Crippen molar-refractivity contribution in [1.29, 1.82) is 0 Å². The molecule has 0 bridgehead atoms. The Morgan fingerprint density at radius 1 is 1.33 bits per heavy atom. The van der Waals surface area contributed by atoms with Gasteiger partial charge in [0.15, 0.2) is 5.78 Å². The number of carbonyl (C=O) groups is 1. The molecule has 18 heavy (non-hydrogen) atoms. The lowest BCUT2D eigenvalue weighted by Gasteiger charge is -2.04. The van der Waals surface area contributed by atoms with Crippen LogP contribution in [-0.2, 0) is 16.0 Å². The number of carbonyl (C=O) groups excluding carboxylic acids is 1. The lowest BCUT2D eigenvalue weighted by atomic mass is 10.1. The van der Waals surface area contributed by atoms with E-state index in [2.05, 4.69) is 0 Å². The third-order valence-electron chi connectivity index (χ3n) is 2.68. The van der Waals surface area contributed by atoms with Gasteiger partial charge in [-0.3, -0.25) is 4.79 Å². The van der Waals surface area contributed by atoms with E-state index < -0.39 is 0 Å². The third kappa shape index (κ3) is 5.47. The molecule has 4 heteroatoms. The molecule has 0 aliphatic rings. The summed E-state index contributed by atoms with van der Waals surface area (Å²) in [4.78, 5) is 11.6. The normalized spacial score (nSPS) is 10.8. The predicted octanol–water partition coefficient (Wildman–Crippen LogP) is 2.52. The summed E-state index contributed by atoms with van der Waals surface area (Å²) in [6.07, 6.45) is 6.27. The minimum atomic E-state index is 0.220. The maximum absolute atomic E-state index is 11.6. The Hall–Kier alpha value is -1.13. The molecule has 0 aromatic carbocycles. The van der Waals surface area contributed by atoms with E-state index in [-0.39, 0.29) is 5.78 Å². The molecule has 1 aromatic rings. The van der Waals surface area contributed by atoms with Crippen molar-refractivity contribution in [3.8, 4) is 0 Å². The van der Waals surface area contributed by atoms with E-state index in [1.165, 1.54) is 0 Å². The largest absolute Gasteiger partial charge is 0.385 e. The zero-order valence-corrected chi connectivity index (χ0v) is 11.4. The first-order valence-electron chi connectivity index (χ1n) is 6.53. The Bertz CT molecular complexity index is 347. The molecule has 102 valence electrons. The highest BCUT2D eigenvalue weighted by Gasteiger charge is 2.05. The van der Waals surface area contributed by atoms with Crippen LogP contribution in [0, 0.1) is 0 Å². The van der Waals surface area contributed by atoms with Crippen molar-refractivity contribution < 1.29 is 14.3 Å². The van der Waals surface area contributed by atoms with Crippen molar-refractivity contribution >= 4 is 5.78 Å². The van der Waals surface area contributed by atoms with E-state index in [1.807, 2.05) is 30.0 Å². The summed E-state index contributed by atoms with van der Waals surface area (Å²) in [5, 5.41) is 0. The lowest BCUT2D eigenvalue weighted by molar-refractivity contribution is 0.0967. The molecule has 0 spiro atoms. The summed E-state index contributed by atoms with van der Waals surface area (Å²) in [7, 11) is 1.69. The van der Waals surface area contributed by atoms with Crippen LogP contribution in [-0.4, -0.2) is 37.3 Å². The third-order valence-corrected chi connectivity index (χ3v) is 2.68. The molecule has 1 heterocycles. The van der Waals surface area contributed by atoms with E-state index in [0.717, 1.165) is 38.2 Å². The Kier molecular flexibility index (Phi) is 7.37. The average molecular weight is 253 g/mol. The van der Waals surface area contributed by atoms with Gasteiger partial charge in [0.1, 0.15) is 0 Å². The van der Waals surface area contributed by atoms with Gasteiger partial charge in [-0.2, -0.15) is 0 Å². The fourth-order valence-electron chi connectivity index (χ4n) is 1.69. The summed E-state index contributed by atoms with van der Waals surface area (Å²) in [6.45, 7) is 4.92. The number of nitrogens with zero attached hydrogens (tertiary/aromatic N) is 1. The molecule has 1 aromatic heterocycles. The first kappa shape index (κ1) is 14.9. The van der Waals surface area contributed by atoms with Crippen LogP contribution in [0.5, 0.6) is 0 Å². The van der Waals surface area contributed by atoms with Gasteiger partial charge in [0.05, 0.1) is 6.61 Å². The monoisotopic (exact) mass is 253 g/mol. The Morgan fingerprint density at radius 3 is 2.89 bits per heavy atom. The number of rotatable bonds is 10. The maximum atomic E-state index is 11.6. The fourth-order valence-corrected chi connectivity index (χ4v) is 1.69. The van der Waals surface area contributed by atoms with Crippen molar-refractivity contribution in [2.24, 2.45) is 0 Å². The van der Waals surface area contributed by atoms with Gasteiger partial charge in [-0.15, -0.1) is 0 Å². The Labute approximate surface area is 109 Å². The standard InChI is InChI=1S/C14H23NO3/c1-3-5-14(16)13-6-7-15(12-13)8-11-18-10-4-9-17-2/h6-7,12H,3-5,8-11H2,1-2H3. The van der Waals surface area contributed by atoms with Gasteiger partial charge in [0.25, 0.3) is 0 Å². The summed E-state index contributed by atoms with van der Waals surface area (Å²) >= 11 is 0. The number of hydrogen-bond donors (Lipinski definition) is 0. The molecular weight excluding hydrogens is 230 g/mol. The zero-order valence-electron chi connectivity index (χ0n) is 11.4. The molecule has 4 nitrogen and oxygen atoms in total. The van der Waals surface area contributed by atoms with Gasteiger partial charge < -0.3 is 14.0 Å². The number of aromatic nitrogens is 1. The second kappa shape index (κ2) is 8.89. The highest BCUT2D eigenvalue weighted by molar-refractivity contribution is 5.95. The van der Waals surface area contributed by atoms with Gasteiger partial charge in [-0.25, -0.2) is 0 Å². The Balaban J connectivity index is 2.21. The smallest absolute Gasteiger partial charge is 0.164 e. The van der Waals surface area contributed by atoms with Crippen LogP contribution in [0.15, 0.2) is 18.5 Å². The van der Waals surface area contributed by atoms with Crippen LogP contribution >= 0.6 is 0 Å². The minimum absolute atomic E-state index is 0.220. The lowest BCUT2D eigenvalue weighted by Crippen LogP contribution is -2.06. The molecular formula is C14H23NO3. The van der Waals surface area contributed by atoms with E-state index >= 15 is 0 Å². The SMILES string of the molecule is CCCC(=O)c1ccn(CCOCCCOC)c1. The summed E-state index contributed by atoms with van der Waals surface area (Å²) in [5.74, 6) is 0.220. The first-order valence-corrected chi connectivity index (χ1v) is 6.53. The van der Waals surface area contributed by atoms with Crippen LogP contribution in [0.4, 0.5) is 0 Å². The molecule has 0 aliphatic carbocycles. The molecule has 0 amide bonds.